The SMILES string of the molecule is CC1=C(C(=O)OC2CCCCC2)C(c2ccccn2)n2nnnc2N1. The van der Waals surface area contributed by atoms with Gasteiger partial charge < -0.3 is 10.1 Å². The van der Waals surface area contributed by atoms with Crippen molar-refractivity contribution in [3.63, 3.8) is 0 Å². The number of pyridine rings is 1. The van der Waals surface area contributed by atoms with Gasteiger partial charge in [-0.25, -0.2) is 4.79 Å². The summed E-state index contributed by atoms with van der Waals surface area (Å²) >= 11 is 0. The highest BCUT2D eigenvalue weighted by Crippen LogP contribution is 2.34. The number of hydrogen-bond acceptors (Lipinski definition) is 7. The van der Waals surface area contributed by atoms with Crippen molar-refractivity contribution in [1.29, 1.82) is 0 Å². The number of aromatic nitrogens is 5. The molecule has 1 saturated carbocycles. The molecule has 2 aromatic rings. The number of ether oxygens (including phenoxy) is 1. The Morgan fingerprint density at radius 1 is 1.28 bits per heavy atom. The first kappa shape index (κ1) is 15.7. The van der Waals surface area contributed by atoms with Crippen LogP contribution in [0.2, 0.25) is 0 Å². The molecule has 3 heterocycles. The molecule has 0 spiro atoms. The second kappa shape index (κ2) is 6.62. The predicted molar refractivity (Wildman–Crippen MR) is 89.5 cm³/mol. The Morgan fingerprint density at radius 2 is 2.12 bits per heavy atom. The van der Waals surface area contributed by atoms with E-state index in [9.17, 15) is 4.79 Å². The average molecular weight is 340 g/mol. The van der Waals surface area contributed by atoms with Gasteiger partial charge in [0, 0.05) is 11.9 Å². The standard InChI is InChI=1S/C17H20N6O2/c1-11-14(16(24)25-12-7-3-2-4-8-12)15(13-9-5-6-10-18-13)23-17(19-11)20-21-22-23/h5-6,9-10,12,15H,2-4,7-8H2,1H3,(H,19,20,22). The number of rotatable bonds is 3. The van der Waals surface area contributed by atoms with Gasteiger partial charge in [0.1, 0.15) is 12.1 Å². The summed E-state index contributed by atoms with van der Waals surface area (Å²) in [4.78, 5) is 17.4. The molecule has 0 aromatic carbocycles. The minimum atomic E-state index is -0.497. The zero-order valence-corrected chi connectivity index (χ0v) is 14.1. The topological polar surface area (TPSA) is 94.8 Å². The van der Waals surface area contributed by atoms with E-state index in [0.717, 1.165) is 25.7 Å². The lowest BCUT2D eigenvalue weighted by atomic mass is 9.96. The quantitative estimate of drug-likeness (QED) is 0.856. The Labute approximate surface area is 145 Å². The maximum atomic E-state index is 13.0. The lowest BCUT2D eigenvalue weighted by molar-refractivity contribution is -0.146. The minimum absolute atomic E-state index is 0.0128. The lowest BCUT2D eigenvalue weighted by Gasteiger charge is -2.29. The Balaban J connectivity index is 1.69. The normalized spacial score (nSPS) is 20.8. The van der Waals surface area contributed by atoms with Crippen LogP contribution in [0.3, 0.4) is 0 Å². The summed E-state index contributed by atoms with van der Waals surface area (Å²) in [6.45, 7) is 1.84. The minimum Gasteiger partial charge on any atom is -0.459 e. The molecular weight excluding hydrogens is 320 g/mol. The molecule has 1 unspecified atom stereocenters. The third-order valence-corrected chi connectivity index (χ3v) is 4.73. The molecular formula is C17H20N6O2. The van der Waals surface area contributed by atoms with E-state index in [2.05, 4.69) is 25.8 Å². The fourth-order valence-electron chi connectivity index (χ4n) is 3.49. The number of allylic oxidation sites excluding steroid dienone is 1. The molecule has 1 aliphatic carbocycles. The van der Waals surface area contributed by atoms with Crippen LogP contribution in [0.15, 0.2) is 35.7 Å². The van der Waals surface area contributed by atoms with Crippen molar-refractivity contribution in [3.8, 4) is 0 Å². The number of nitrogens with one attached hydrogen (secondary N) is 1. The Morgan fingerprint density at radius 3 is 2.88 bits per heavy atom. The monoisotopic (exact) mass is 340 g/mol. The Kier molecular flexibility index (Phi) is 4.17. The molecule has 25 heavy (non-hydrogen) atoms. The van der Waals surface area contributed by atoms with E-state index in [1.165, 1.54) is 6.42 Å². The van der Waals surface area contributed by atoms with Gasteiger partial charge in [0.05, 0.1) is 11.3 Å². The summed E-state index contributed by atoms with van der Waals surface area (Å²) in [5, 5.41) is 14.8. The molecule has 1 fully saturated rings. The molecule has 8 heteroatoms. The van der Waals surface area contributed by atoms with Crippen molar-refractivity contribution in [2.24, 2.45) is 0 Å². The van der Waals surface area contributed by atoms with Gasteiger partial charge in [-0.05, 0) is 55.2 Å². The first-order valence-corrected chi connectivity index (χ1v) is 8.61. The van der Waals surface area contributed by atoms with Gasteiger partial charge in [0.25, 0.3) is 0 Å². The van der Waals surface area contributed by atoms with Crippen LogP contribution in [0.1, 0.15) is 50.8 Å². The summed E-state index contributed by atoms with van der Waals surface area (Å²) in [7, 11) is 0. The van der Waals surface area contributed by atoms with Crippen LogP contribution in [0.25, 0.3) is 0 Å². The second-order valence-corrected chi connectivity index (χ2v) is 6.43. The number of anilines is 1. The maximum absolute atomic E-state index is 13.0. The van der Waals surface area contributed by atoms with Gasteiger partial charge >= 0.3 is 5.97 Å². The molecule has 2 aromatic heterocycles. The summed E-state index contributed by atoms with van der Waals surface area (Å²) in [6, 6.07) is 5.08. The largest absolute Gasteiger partial charge is 0.459 e. The molecule has 8 nitrogen and oxygen atoms in total. The highest BCUT2D eigenvalue weighted by Gasteiger charge is 2.36. The van der Waals surface area contributed by atoms with Crippen LogP contribution < -0.4 is 5.32 Å². The van der Waals surface area contributed by atoms with Gasteiger partial charge in [-0.1, -0.05) is 17.6 Å². The zero-order valence-electron chi connectivity index (χ0n) is 14.1. The second-order valence-electron chi connectivity index (χ2n) is 6.43. The number of hydrogen-bond donors (Lipinski definition) is 1. The van der Waals surface area contributed by atoms with Crippen LogP contribution in [0.4, 0.5) is 5.95 Å². The summed E-state index contributed by atoms with van der Waals surface area (Å²) in [6.07, 6.45) is 6.96. The van der Waals surface area contributed by atoms with Crippen LogP contribution >= 0.6 is 0 Å². The smallest absolute Gasteiger partial charge is 0.338 e. The molecule has 130 valence electrons. The number of carbonyl (C=O) groups excluding carboxylic acids is 1. The Hall–Kier alpha value is -2.77. The number of carbonyl (C=O) groups is 1. The van der Waals surface area contributed by atoms with Gasteiger partial charge in [-0.15, -0.1) is 0 Å². The predicted octanol–water partition coefficient (Wildman–Crippen LogP) is 2.23. The lowest BCUT2D eigenvalue weighted by Crippen LogP contribution is -2.32. The number of tetrazole rings is 1. The van der Waals surface area contributed by atoms with Gasteiger partial charge in [-0.3, -0.25) is 4.98 Å². The third kappa shape index (κ3) is 2.99. The highest BCUT2D eigenvalue weighted by molar-refractivity contribution is 5.92. The van der Waals surface area contributed by atoms with Gasteiger partial charge in [-0.2, -0.15) is 4.68 Å². The molecule has 1 aliphatic heterocycles. The average Bonchev–Trinajstić information content (AvgIpc) is 3.10. The van der Waals surface area contributed by atoms with Crippen molar-refractivity contribution in [1.82, 2.24) is 25.2 Å². The molecule has 1 N–H and O–H groups in total. The van der Waals surface area contributed by atoms with Crippen molar-refractivity contribution in [2.45, 2.75) is 51.2 Å². The zero-order chi connectivity index (χ0) is 17.2. The number of esters is 1. The van der Waals surface area contributed by atoms with E-state index < -0.39 is 6.04 Å². The van der Waals surface area contributed by atoms with E-state index in [1.54, 1.807) is 10.9 Å². The fourth-order valence-corrected chi connectivity index (χ4v) is 3.49. The summed E-state index contributed by atoms with van der Waals surface area (Å²) < 4.78 is 7.37. The molecule has 0 radical (unpaired) electrons. The fraction of sp³-hybridized carbons (Fsp3) is 0.471. The van der Waals surface area contributed by atoms with E-state index in [4.69, 9.17) is 4.74 Å². The number of fused-ring (bicyclic) bond motifs is 1. The third-order valence-electron chi connectivity index (χ3n) is 4.73. The maximum Gasteiger partial charge on any atom is 0.338 e. The van der Waals surface area contributed by atoms with Crippen LogP contribution in [-0.2, 0) is 9.53 Å². The van der Waals surface area contributed by atoms with E-state index in [0.29, 0.717) is 22.9 Å². The molecule has 0 saturated heterocycles. The van der Waals surface area contributed by atoms with Crippen LogP contribution in [0.5, 0.6) is 0 Å². The van der Waals surface area contributed by atoms with E-state index in [-0.39, 0.29) is 12.1 Å². The van der Waals surface area contributed by atoms with E-state index in [1.807, 2.05) is 25.1 Å². The van der Waals surface area contributed by atoms with Crippen molar-refractivity contribution in [3.05, 3.63) is 41.4 Å². The first-order valence-electron chi connectivity index (χ1n) is 8.61. The Bertz CT molecular complexity index is 794. The highest BCUT2D eigenvalue weighted by atomic mass is 16.5. The van der Waals surface area contributed by atoms with Gasteiger partial charge in [0.2, 0.25) is 5.95 Å². The van der Waals surface area contributed by atoms with Crippen LogP contribution in [0, 0.1) is 0 Å². The summed E-state index contributed by atoms with van der Waals surface area (Å²) in [5.74, 6) is 0.163. The van der Waals surface area contributed by atoms with Crippen molar-refractivity contribution < 1.29 is 9.53 Å². The van der Waals surface area contributed by atoms with Crippen LogP contribution in [-0.4, -0.2) is 37.3 Å². The van der Waals surface area contributed by atoms with Crippen molar-refractivity contribution in [2.75, 3.05) is 5.32 Å². The molecule has 0 amide bonds. The molecule has 0 bridgehead atoms. The van der Waals surface area contributed by atoms with Crippen molar-refractivity contribution >= 4 is 11.9 Å². The first-order chi connectivity index (χ1) is 12.2. The van der Waals surface area contributed by atoms with Gasteiger partial charge in [0.15, 0.2) is 0 Å². The number of nitrogens with zero attached hydrogens (tertiary/aromatic N) is 5. The molecule has 2 aliphatic rings. The summed E-state index contributed by atoms with van der Waals surface area (Å²) in [5.41, 5.74) is 1.90. The molecule has 1 atom stereocenters. The molecule has 4 rings (SSSR count). The van der Waals surface area contributed by atoms with E-state index >= 15 is 0 Å².